The molecule has 0 saturated heterocycles. The minimum Gasteiger partial charge on any atom is -0.384 e. The van der Waals surface area contributed by atoms with Gasteiger partial charge in [-0.15, -0.1) is 0 Å². The van der Waals surface area contributed by atoms with Crippen molar-refractivity contribution in [3.8, 4) is 0 Å². The van der Waals surface area contributed by atoms with Crippen LogP contribution < -0.4 is 17.0 Å². The summed E-state index contributed by atoms with van der Waals surface area (Å²) in [4.78, 5) is 38.1. The highest BCUT2D eigenvalue weighted by Crippen LogP contribution is 2.05. The van der Waals surface area contributed by atoms with Crippen LogP contribution >= 0.6 is 0 Å². The minimum atomic E-state index is -0.940. The van der Waals surface area contributed by atoms with Crippen molar-refractivity contribution in [1.82, 2.24) is 14.1 Å². The average Bonchev–Trinajstić information content (AvgIpc) is 2.43. The predicted molar refractivity (Wildman–Crippen MR) is 75.0 cm³/mol. The first-order chi connectivity index (χ1) is 9.93. The lowest BCUT2D eigenvalue weighted by Crippen LogP contribution is -2.40. The lowest BCUT2D eigenvalue weighted by Gasteiger charge is -2.08. The number of aryl methyl sites for hydroxylation is 1. The molecule has 0 aliphatic rings. The second-order valence-electron chi connectivity index (χ2n) is 4.32. The zero-order valence-electron chi connectivity index (χ0n) is 11.2. The standard InChI is InChI=1S/C12H13N5O4/c1-2-15-7-9(17(20)21)11(18)16(12(15)19)6-8-3-4-14-10(13)5-8/h3-5,7H,2,6H2,1H3,(H2,13,14). The van der Waals surface area contributed by atoms with E-state index in [9.17, 15) is 19.7 Å². The molecule has 110 valence electrons. The van der Waals surface area contributed by atoms with Crippen LogP contribution in [-0.4, -0.2) is 19.0 Å². The van der Waals surface area contributed by atoms with E-state index in [4.69, 9.17) is 5.73 Å². The third-order valence-corrected chi connectivity index (χ3v) is 2.94. The maximum atomic E-state index is 12.1. The zero-order chi connectivity index (χ0) is 15.6. The smallest absolute Gasteiger partial charge is 0.350 e. The summed E-state index contributed by atoms with van der Waals surface area (Å²) in [6, 6.07) is 3.08. The second kappa shape index (κ2) is 5.57. The molecule has 9 nitrogen and oxygen atoms in total. The largest absolute Gasteiger partial charge is 0.384 e. The van der Waals surface area contributed by atoms with E-state index in [0.717, 1.165) is 15.3 Å². The number of aromatic nitrogens is 3. The highest BCUT2D eigenvalue weighted by atomic mass is 16.6. The molecule has 0 aliphatic heterocycles. The molecule has 0 radical (unpaired) electrons. The van der Waals surface area contributed by atoms with E-state index in [-0.39, 0.29) is 18.9 Å². The molecule has 2 aromatic heterocycles. The Morgan fingerprint density at radius 2 is 2.14 bits per heavy atom. The first-order valence-electron chi connectivity index (χ1n) is 6.13. The summed E-state index contributed by atoms with van der Waals surface area (Å²) in [5.41, 5.74) is 3.90. The molecule has 0 unspecified atom stereocenters. The van der Waals surface area contributed by atoms with Crippen LogP contribution in [0, 0.1) is 10.1 Å². The van der Waals surface area contributed by atoms with Crippen molar-refractivity contribution in [1.29, 1.82) is 0 Å². The Bertz CT molecular complexity index is 808. The van der Waals surface area contributed by atoms with Gasteiger partial charge in [0.1, 0.15) is 5.82 Å². The Morgan fingerprint density at radius 1 is 1.43 bits per heavy atom. The Labute approximate surface area is 118 Å². The van der Waals surface area contributed by atoms with Crippen molar-refractivity contribution < 1.29 is 4.92 Å². The van der Waals surface area contributed by atoms with Gasteiger partial charge in [0, 0.05) is 12.7 Å². The molecule has 0 aromatic carbocycles. The molecule has 0 fully saturated rings. The van der Waals surface area contributed by atoms with E-state index >= 15 is 0 Å². The quantitative estimate of drug-likeness (QED) is 0.622. The van der Waals surface area contributed by atoms with Crippen LogP contribution in [0.5, 0.6) is 0 Å². The molecule has 0 amide bonds. The number of hydrogen-bond acceptors (Lipinski definition) is 6. The molecule has 9 heteroatoms. The van der Waals surface area contributed by atoms with Gasteiger partial charge in [0.15, 0.2) is 0 Å². The monoisotopic (exact) mass is 291 g/mol. The van der Waals surface area contributed by atoms with Crippen molar-refractivity contribution in [3.63, 3.8) is 0 Å². The summed E-state index contributed by atoms with van der Waals surface area (Å²) in [5.74, 6) is 0.238. The summed E-state index contributed by atoms with van der Waals surface area (Å²) in [5, 5.41) is 10.9. The fourth-order valence-corrected chi connectivity index (χ4v) is 1.90. The van der Waals surface area contributed by atoms with Gasteiger partial charge < -0.3 is 5.73 Å². The Morgan fingerprint density at radius 3 is 2.71 bits per heavy atom. The number of hydrogen-bond donors (Lipinski definition) is 1. The molecule has 2 N–H and O–H groups in total. The summed E-state index contributed by atoms with van der Waals surface area (Å²) >= 11 is 0. The molecule has 0 saturated carbocycles. The molecule has 2 aromatic rings. The SMILES string of the molecule is CCn1cc([N+](=O)[O-])c(=O)n(Cc2ccnc(N)c2)c1=O. The Hall–Kier alpha value is -2.97. The van der Waals surface area contributed by atoms with E-state index in [0.29, 0.717) is 5.56 Å². The Kier molecular flexibility index (Phi) is 3.83. The van der Waals surface area contributed by atoms with Gasteiger partial charge in [-0.1, -0.05) is 0 Å². The van der Waals surface area contributed by atoms with E-state index in [2.05, 4.69) is 4.98 Å². The maximum Gasteiger partial charge on any atom is 0.350 e. The number of nitrogens with zero attached hydrogens (tertiary/aromatic N) is 4. The van der Waals surface area contributed by atoms with Gasteiger partial charge in [0.25, 0.3) is 0 Å². The van der Waals surface area contributed by atoms with Crippen molar-refractivity contribution in [2.75, 3.05) is 5.73 Å². The van der Waals surface area contributed by atoms with Gasteiger partial charge in [-0.2, -0.15) is 0 Å². The fourth-order valence-electron chi connectivity index (χ4n) is 1.90. The maximum absolute atomic E-state index is 12.1. The highest BCUT2D eigenvalue weighted by molar-refractivity contribution is 5.32. The summed E-state index contributed by atoms with van der Waals surface area (Å²) < 4.78 is 1.93. The number of anilines is 1. The summed E-state index contributed by atoms with van der Waals surface area (Å²) in [6.07, 6.45) is 2.40. The normalized spacial score (nSPS) is 10.5. The van der Waals surface area contributed by atoms with Gasteiger partial charge in [-0.3, -0.25) is 19.5 Å². The van der Waals surface area contributed by atoms with Crippen LogP contribution in [-0.2, 0) is 13.1 Å². The van der Waals surface area contributed by atoms with E-state index in [1.54, 1.807) is 13.0 Å². The zero-order valence-corrected chi connectivity index (χ0v) is 11.2. The van der Waals surface area contributed by atoms with Crippen LogP contribution in [0.2, 0.25) is 0 Å². The molecular weight excluding hydrogens is 278 g/mol. The van der Waals surface area contributed by atoms with Gasteiger partial charge in [-0.05, 0) is 24.6 Å². The number of pyridine rings is 1. The molecule has 21 heavy (non-hydrogen) atoms. The van der Waals surface area contributed by atoms with E-state index in [1.165, 1.54) is 12.3 Å². The van der Waals surface area contributed by atoms with Gasteiger partial charge in [0.05, 0.1) is 17.7 Å². The summed E-state index contributed by atoms with van der Waals surface area (Å²) in [6.45, 7) is 1.77. The summed E-state index contributed by atoms with van der Waals surface area (Å²) in [7, 11) is 0. The van der Waals surface area contributed by atoms with Crippen molar-refractivity contribution in [2.45, 2.75) is 20.0 Å². The predicted octanol–water partition coefficient (Wildman–Crippen LogP) is -0.0364. The van der Waals surface area contributed by atoms with Gasteiger partial charge in [-0.25, -0.2) is 14.3 Å². The van der Waals surface area contributed by atoms with Crippen molar-refractivity contribution in [3.05, 3.63) is 61.0 Å². The molecule has 0 aliphatic carbocycles. The molecule has 2 heterocycles. The van der Waals surface area contributed by atoms with E-state index in [1.807, 2.05) is 0 Å². The molecule has 2 rings (SSSR count). The van der Waals surface area contributed by atoms with Crippen LogP contribution in [0.25, 0.3) is 0 Å². The van der Waals surface area contributed by atoms with Crippen LogP contribution in [0.1, 0.15) is 12.5 Å². The van der Waals surface area contributed by atoms with Gasteiger partial charge in [0.2, 0.25) is 0 Å². The molecular formula is C12H13N5O4. The number of nitro groups is 1. The molecule has 0 atom stereocenters. The fraction of sp³-hybridized carbons (Fsp3) is 0.250. The van der Waals surface area contributed by atoms with Crippen molar-refractivity contribution >= 4 is 11.5 Å². The number of nitrogens with two attached hydrogens (primary N) is 1. The number of rotatable bonds is 4. The first-order valence-corrected chi connectivity index (χ1v) is 6.13. The molecule has 0 spiro atoms. The van der Waals surface area contributed by atoms with Crippen molar-refractivity contribution in [2.24, 2.45) is 0 Å². The lowest BCUT2D eigenvalue weighted by atomic mass is 10.2. The number of nitrogen functional groups attached to an aromatic ring is 1. The average molecular weight is 291 g/mol. The minimum absolute atomic E-state index is 0.105. The third-order valence-electron chi connectivity index (χ3n) is 2.94. The highest BCUT2D eigenvalue weighted by Gasteiger charge is 2.19. The molecule has 0 bridgehead atoms. The van der Waals surface area contributed by atoms with E-state index < -0.39 is 21.9 Å². The van der Waals surface area contributed by atoms with Gasteiger partial charge >= 0.3 is 16.9 Å². The van der Waals surface area contributed by atoms with Crippen LogP contribution in [0.3, 0.4) is 0 Å². The topological polar surface area (TPSA) is 126 Å². The van der Waals surface area contributed by atoms with Crippen LogP contribution in [0.4, 0.5) is 11.5 Å². The lowest BCUT2D eigenvalue weighted by molar-refractivity contribution is -0.387. The Balaban J connectivity index is 2.62. The second-order valence-corrected chi connectivity index (χ2v) is 4.32. The third kappa shape index (κ3) is 2.81. The van der Waals surface area contributed by atoms with Crippen LogP contribution in [0.15, 0.2) is 34.1 Å². The first kappa shape index (κ1) is 14.4.